The number of nitrogens with zero attached hydrogens (tertiary/aromatic N) is 1. The summed E-state index contributed by atoms with van der Waals surface area (Å²) in [5, 5.41) is 5.15. The Balaban J connectivity index is 2.38. The smallest absolute Gasteiger partial charge is 0.0737 e. The molecule has 2 rings (SSSR count). The number of aromatic nitrogens is 1. The lowest BCUT2D eigenvalue weighted by molar-refractivity contribution is 0.683. The molecule has 2 atom stereocenters. The summed E-state index contributed by atoms with van der Waals surface area (Å²) in [5.41, 5.74) is 2.89. The van der Waals surface area contributed by atoms with Crippen LogP contribution < -0.4 is 5.32 Å². The molecule has 0 saturated heterocycles. The van der Waals surface area contributed by atoms with E-state index in [0.717, 1.165) is 27.2 Å². The molecule has 3 nitrogen and oxygen atoms in total. The second kappa shape index (κ2) is 5.88. The average molecular weight is 297 g/mol. The van der Waals surface area contributed by atoms with Crippen molar-refractivity contribution in [1.82, 2.24) is 4.98 Å². The maximum Gasteiger partial charge on any atom is 0.0737 e. The van der Waals surface area contributed by atoms with Gasteiger partial charge in [0.2, 0.25) is 0 Å². The Kier molecular flexibility index (Phi) is 4.42. The third-order valence-corrected chi connectivity index (χ3v) is 4.29. The lowest BCUT2D eigenvalue weighted by Gasteiger charge is -2.16. The largest absolute Gasteiger partial charge is 0.381 e. The zero-order valence-electron chi connectivity index (χ0n) is 11.2. The molecule has 2 aromatic rings. The fourth-order valence-electron chi connectivity index (χ4n) is 2.06. The number of anilines is 1. The minimum Gasteiger partial charge on any atom is -0.381 e. The summed E-state index contributed by atoms with van der Waals surface area (Å²) in [7, 11) is -0.810. The molecule has 1 aromatic carbocycles. The Hall–Kier alpha value is -1.13. The number of aryl methyl sites for hydroxylation is 1. The molecule has 0 radical (unpaired) electrons. The molecule has 19 heavy (non-hydrogen) atoms. The molecular formula is C14H17ClN2OS. The molecule has 1 N–H and O–H groups in total. The number of rotatable bonds is 4. The highest BCUT2D eigenvalue weighted by Gasteiger charge is 2.09. The van der Waals surface area contributed by atoms with Gasteiger partial charge < -0.3 is 5.32 Å². The standard InChI is InChI=1S/C14H17ClN2OS/c1-9-6-11-13(17-10(2)8-19(3)18)4-5-16-14(11)7-12(9)15/h4-7,10H,8H2,1-3H3,(H,16,17). The first kappa shape index (κ1) is 14.3. The third-order valence-electron chi connectivity index (χ3n) is 2.91. The molecule has 102 valence electrons. The Labute approximate surface area is 120 Å². The minimum atomic E-state index is -0.810. The Morgan fingerprint density at radius 3 is 2.89 bits per heavy atom. The summed E-state index contributed by atoms with van der Waals surface area (Å²) in [6.07, 6.45) is 3.47. The summed E-state index contributed by atoms with van der Waals surface area (Å²) in [5.74, 6) is 0.621. The van der Waals surface area contributed by atoms with Gasteiger partial charge in [-0.3, -0.25) is 9.19 Å². The molecule has 1 aromatic heterocycles. The van der Waals surface area contributed by atoms with Crippen LogP contribution in [0.2, 0.25) is 5.02 Å². The van der Waals surface area contributed by atoms with Crippen molar-refractivity contribution in [3.05, 3.63) is 35.0 Å². The van der Waals surface area contributed by atoms with E-state index in [0.29, 0.717) is 5.75 Å². The van der Waals surface area contributed by atoms with E-state index in [1.54, 1.807) is 12.5 Å². The molecule has 0 amide bonds. The van der Waals surface area contributed by atoms with Crippen LogP contribution in [0.1, 0.15) is 12.5 Å². The van der Waals surface area contributed by atoms with Gasteiger partial charge in [-0.1, -0.05) is 11.6 Å². The van der Waals surface area contributed by atoms with Crippen molar-refractivity contribution in [1.29, 1.82) is 0 Å². The normalized spacial score (nSPS) is 14.3. The highest BCUT2D eigenvalue weighted by atomic mass is 35.5. The summed E-state index contributed by atoms with van der Waals surface area (Å²) in [6, 6.07) is 5.99. The Morgan fingerprint density at radius 1 is 1.47 bits per heavy atom. The van der Waals surface area contributed by atoms with E-state index < -0.39 is 10.8 Å². The van der Waals surface area contributed by atoms with Crippen molar-refractivity contribution in [2.75, 3.05) is 17.3 Å². The molecule has 0 saturated carbocycles. The maximum atomic E-state index is 11.2. The van der Waals surface area contributed by atoms with Gasteiger partial charge in [0.15, 0.2) is 0 Å². The van der Waals surface area contributed by atoms with Crippen LogP contribution in [0.3, 0.4) is 0 Å². The summed E-state index contributed by atoms with van der Waals surface area (Å²) >= 11 is 6.11. The number of benzene rings is 1. The zero-order chi connectivity index (χ0) is 14.0. The second-order valence-electron chi connectivity index (χ2n) is 4.76. The van der Waals surface area contributed by atoms with Gasteiger partial charge in [0.05, 0.1) is 5.52 Å². The van der Waals surface area contributed by atoms with Crippen molar-refractivity contribution >= 4 is 39.0 Å². The minimum absolute atomic E-state index is 0.146. The molecule has 0 aliphatic rings. The number of hydrogen-bond acceptors (Lipinski definition) is 3. The van der Waals surface area contributed by atoms with Crippen LogP contribution >= 0.6 is 11.6 Å². The first-order valence-corrected chi connectivity index (χ1v) is 8.19. The first-order chi connectivity index (χ1) is 8.97. The number of fused-ring (bicyclic) bond motifs is 1. The molecule has 0 aliphatic carbocycles. The van der Waals surface area contributed by atoms with Crippen LogP contribution in [-0.4, -0.2) is 27.2 Å². The van der Waals surface area contributed by atoms with E-state index in [1.807, 2.05) is 32.0 Å². The Morgan fingerprint density at radius 2 is 2.21 bits per heavy atom. The van der Waals surface area contributed by atoms with Gasteiger partial charge in [-0.25, -0.2) is 0 Å². The molecular weight excluding hydrogens is 280 g/mol. The predicted octanol–water partition coefficient (Wildman–Crippen LogP) is 3.38. The van der Waals surface area contributed by atoms with E-state index in [2.05, 4.69) is 10.3 Å². The van der Waals surface area contributed by atoms with Crippen molar-refractivity contribution < 1.29 is 4.21 Å². The fraction of sp³-hybridized carbons (Fsp3) is 0.357. The van der Waals surface area contributed by atoms with Crippen LogP contribution in [0.5, 0.6) is 0 Å². The number of hydrogen-bond donors (Lipinski definition) is 1. The fourth-order valence-corrected chi connectivity index (χ4v) is 3.01. The van der Waals surface area contributed by atoms with Gasteiger partial charge in [-0.2, -0.15) is 0 Å². The van der Waals surface area contributed by atoms with Crippen molar-refractivity contribution in [3.63, 3.8) is 0 Å². The van der Waals surface area contributed by atoms with Crippen LogP contribution in [0.4, 0.5) is 5.69 Å². The predicted molar refractivity (Wildman–Crippen MR) is 83.5 cm³/mol. The number of halogens is 1. The van der Waals surface area contributed by atoms with E-state index >= 15 is 0 Å². The van der Waals surface area contributed by atoms with Crippen LogP contribution in [0.15, 0.2) is 24.4 Å². The number of pyridine rings is 1. The van der Waals surface area contributed by atoms with Gasteiger partial charge in [-0.15, -0.1) is 0 Å². The van der Waals surface area contributed by atoms with Crippen molar-refractivity contribution in [3.8, 4) is 0 Å². The van der Waals surface area contributed by atoms with Gasteiger partial charge in [0, 0.05) is 51.1 Å². The van der Waals surface area contributed by atoms with E-state index in [-0.39, 0.29) is 6.04 Å². The monoisotopic (exact) mass is 296 g/mol. The van der Waals surface area contributed by atoms with Crippen molar-refractivity contribution in [2.24, 2.45) is 0 Å². The molecule has 2 unspecified atom stereocenters. The topological polar surface area (TPSA) is 42.0 Å². The van der Waals surface area contributed by atoms with Crippen LogP contribution in [-0.2, 0) is 10.8 Å². The summed E-state index contributed by atoms with van der Waals surface area (Å²) in [6.45, 7) is 4.00. The maximum absolute atomic E-state index is 11.2. The molecule has 0 aliphatic heterocycles. The van der Waals surface area contributed by atoms with Gasteiger partial charge in [0.25, 0.3) is 0 Å². The summed E-state index contributed by atoms with van der Waals surface area (Å²) < 4.78 is 11.2. The SMILES string of the molecule is Cc1cc2c(NC(C)CS(C)=O)ccnc2cc1Cl. The van der Waals surface area contributed by atoms with E-state index in [1.165, 1.54) is 0 Å². The first-order valence-electron chi connectivity index (χ1n) is 6.09. The molecule has 0 fully saturated rings. The Bertz CT molecular complexity index is 630. The lowest BCUT2D eigenvalue weighted by atomic mass is 10.1. The van der Waals surface area contributed by atoms with Crippen LogP contribution in [0.25, 0.3) is 10.9 Å². The van der Waals surface area contributed by atoms with E-state index in [4.69, 9.17) is 11.6 Å². The highest BCUT2D eigenvalue weighted by Crippen LogP contribution is 2.27. The molecule has 5 heteroatoms. The summed E-state index contributed by atoms with van der Waals surface area (Å²) in [4.78, 5) is 4.33. The van der Waals surface area contributed by atoms with Gasteiger partial charge in [0.1, 0.15) is 0 Å². The quantitative estimate of drug-likeness (QED) is 0.940. The van der Waals surface area contributed by atoms with Crippen LogP contribution in [0, 0.1) is 6.92 Å². The highest BCUT2D eigenvalue weighted by molar-refractivity contribution is 7.84. The average Bonchev–Trinajstić information content (AvgIpc) is 2.30. The molecule has 1 heterocycles. The molecule has 0 bridgehead atoms. The van der Waals surface area contributed by atoms with Gasteiger partial charge in [-0.05, 0) is 37.6 Å². The third kappa shape index (κ3) is 3.45. The second-order valence-corrected chi connectivity index (χ2v) is 6.65. The van der Waals surface area contributed by atoms with E-state index in [9.17, 15) is 4.21 Å². The number of nitrogens with one attached hydrogen (secondary N) is 1. The zero-order valence-corrected chi connectivity index (χ0v) is 12.8. The molecule has 0 spiro atoms. The van der Waals surface area contributed by atoms with Gasteiger partial charge >= 0.3 is 0 Å². The lowest BCUT2D eigenvalue weighted by Crippen LogP contribution is -2.22. The van der Waals surface area contributed by atoms with Crippen molar-refractivity contribution in [2.45, 2.75) is 19.9 Å².